The second-order valence-corrected chi connectivity index (χ2v) is 4.89. The SMILES string of the molecule is Cc1cc(-c2csc3ccccc23)nc(C#N)n1. The number of benzene rings is 1. The molecule has 3 nitrogen and oxygen atoms in total. The first kappa shape index (κ1) is 10.9. The van der Waals surface area contributed by atoms with E-state index in [2.05, 4.69) is 27.5 Å². The van der Waals surface area contributed by atoms with Gasteiger partial charge in [-0.3, -0.25) is 0 Å². The second kappa shape index (κ2) is 4.21. The van der Waals surface area contributed by atoms with E-state index in [1.165, 1.54) is 10.1 Å². The Kier molecular flexibility index (Phi) is 2.54. The number of aryl methyl sites for hydroxylation is 1. The van der Waals surface area contributed by atoms with Crippen LogP contribution in [0.1, 0.15) is 11.5 Å². The number of hydrogen-bond donors (Lipinski definition) is 0. The molecule has 0 aliphatic carbocycles. The van der Waals surface area contributed by atoms with Gasteiger partial charge in [-0.25, -0.2) is 9.97 Å². The van der Waals surface area contributed by atoms with Gasteiger partial charge in [-0.05, 0) is 19.1 Å². The lowest BCUT2D eigenvalue weighted by Crippen LogP contribution is -1.94. The molecule has 0 atom stereocenters. The van der Waals surface area contributed by atoms with E-state index < -0.39 is 0 Å². The van der Waals surface area contributed by atoms with Gasteiger partial charge in [0.1, 0.15) is 6.07 Å². The fraction of sp³-hybridized carbons (Fsp3) is 0.0714. The van der Waals surface area contributed by atoms with Crippen molar-refractivity contribution >= 4 is 21.4 Å². The average molecular weight is 251 g/mol. The maximum Gasteiger partial charge on any atom is 0.232 e. The topological polar surface area (TPSA) is 49.6 Å². The average Bonchev–Trinajstić information content (AvgIpc) is 2.81. The Morgan fingerprint density at radius 1 is 1.22 bits per heavy atom. The normalized spacial score (nSPS) is 10.4. The molecule has 3 rings (SSSR count). The smallest absolute Gasteiger partial charge is 0.224 e. The molecule has 1 aromatic carbocycles. The molecule has 18 heavy (non-hydrogen) atoms. The van der Waals surface area contributed by atoms with Gasteiger partial charge in [0.2, 0.25) is 5.82 Å². The molecule has 0 amide bonds. The summed E-state index contributed by atoms with van der Waals surface area (Å²) in [6, 6.07) is 12.1. The third-order valence-corrected chi connectivity index (χ3v) is 3.67. The van der Waals surface area contributed by atoms with Crippen molar-refractivity contribution in [2.24, 2.45) is 0 Å². The van der Waals surface area contributed by atoms with Crippen molar-refractivity contribution in [2.75, 3.05) is 0 Å². The minimum atomic E-state index is 0.222. The van der Waals surface area contributed by atoms with Crippen LogP contribution in [0.4, 0.5) is 0 Å². The minimum absolute atomic E-state index is 0.222. The third kappa shape index (κ3) is 1.75. The fourth-order valence-electron chi connectivity index (χ4n) is 1.93. The van der Waals surface area contributed by atoms with Crippen molar-refractivity contribution < 1.29 is 0 Å². The summed E-state index contributed by atoms with van der Waals surface area (Å²) in [6.45, 7) is 1.88. The summed E-state index contributed by atoms with van der Waals surface area (Å²) in [7, 11) is 0. The first-order chi connectivity index (χ1) is 8.78. The lowest BCUT2D eigenvalue weighted by atomic mass is 10.1. The largest absolute Gasteiger partial charge is 0.232 e. The van der Waals surface area contributed by atoms with Crippen LogP contribution in [0.5, 0.6) is 0 Å². The first-order valence-electron chi connectivity index (χ1n) is 5.50. The highest BCUT2D eigenvalue weighted by atomic mass is 32.1. The molecule has 0 aliphatic heterocycles. The van der Waals surface area contributed by atoms with Crippen molar-refractivity contribution in [3.8, 4) is 17.3 Å². The number of nitriles is 1. The van der Waals surface area contributed by atoms with Gasteiger partial charge in [0.25, 0.3) is 0 Å². The van der Waals surface area contributed by atoms with E-state index >= 15 is 0 Å². The lowest BCUT2D eigenvalue weighted by molar-refractivity contribution is 1.07. The summed E-state index contributed by atoms with van der Waals surface area (Å²) in [6.07, 6.45) is 0. The number of rotatable bonds is 1. The quantitative estimate of drug-likeness (QED) is 0.664. The summed E-state index contributed by atoms with van der Waals surface area (Å²) in [5, 5.41) is 12.2. The molecule has 0 saturated carbocycles. The molecule has 2 aromatic heterocycles. The van der Waals surface area contributed by atoms with Gasteiger partial charge in [0, 0.05) is 26.7 Å². The Labute approximate surface area is 108 Å². The van der Waals surface area contributed by atoms with E-state index in [1.807, 2.05) is 31.2 Å². The summed E-state index contributed by atoms with van der Waals surface area (Å²) in [5.41, 5.74) is 2.70. The number of nitrogens with zero attached hydrogens (tertiary/aromatic N) is 3. The molecule has 0 bridgehead atoms. The van der Waals surface area contributed by atoms with Gasteiger partial charge in [-0.1, -0.05) is 18.2 Å². The molecule has 0 N–H and O–H groups in total. The van der Waals surface area contributed by atoms with Crippen LogP contribution in [-0.2, 0) is 0 Å². The van der Waals surface area contributed by atoms with Gasteiger partial charge in [-0.2, -0.15) is 5.26 Å². The predicted molar refractivity (Wildman–Crippen MR) is 72.3 cm³/mol. The maximum absolute atomic E-state index is 8.92. The van der Waals surface area contributed by atoms with Gasteiger partial charge >= 0.3 is 0 Å². The Morgan fingerprint density at radius 2 is 2.06 bits per heavy atom. The summed E-state index contributed by atoms with van der Waals surface area (Å²) in [4.78, 5) is 8.35. The van der Waals surface area contributed by atoms with Gasteiger partial charge in [0.15, 0.2) is 0 Å². The van der Waals surface area contributed by atoms with E-state index in [1.54, 1.807) is 11.3 Å². The van der Waals surface area contributed by atoms with Gasteiger partial charge in [-0.15, -0.1) is 11.3 Å². The molecule has 0 aliphatic rings. The van der Waals surface area contributed by atoms with Crippen LogP contribution in [0.15, 0.2) is 35.7 Å². The highest BCUT2D eigenvalue weighted by molar-refractivity contribution is 7.17. The predicted octanol–water partition coefficient (Wildman–Crippen LogP) is 3.54. The van der Waals surface area contributed by atoms with Gasteiger partial charge < -0.3 is 0 Å². The molecule has 0 fully saturated rings. The molecule has 86 valence electrons. The minimum Gasteiger partial charge on any atom is -0.224 e. The van der Waals surface area contributed by atoms with Crippen LogP contribution in [0.2, 0.25) is 0 Å². The molecule has 0 spiro atoms. The molecule has 0 radical (unpaired) electrons. The van der Waals surface area contributed by atoms with Crippen LogP contribution in [-0.4, -0.2) is 9.97 Å². The summed E-state index contributed by atoms with van der Waals surface area (Å²) >= 11 is 1.68. The monoisotopic (exact) mass is 251 g/mol. The van der Waals surface area contributed by atoms with Gasteiger partial charge in [0.05, 0.1) is 5.69 Å². The zero-order valence-electron chi connectivity index (χ0n) is 9.71. The zero-order valence-corrected chi connectivity index (χ0v) is 10.5. The fourth-order valence-corrected chi connectivity index (χ4v) is 2.89. The number of hydrogen-bond acceptors (Lipinski definition) is 4. The third-order valence-electron chi connectivity index (χ3n) is 2.71. The first-order valence-corrected chi connectivity index (χ1v) is 6.38. The summed E-state index contributed by atoms with van der Waals surface area (Å²) < 4.78 is 1.22. The van der Waals surface area contributed by atoms with Crippen LogP contribution < -0.4 is 0 Å². The Balaban J connectivity index is 2.27. The van der Waals surface area contributed by atoms with Crippen molar-refractivity contribution in [2.45, 2.75) is 6.92 Å². The number of aromatic nitrogens is 2. The lowest BCUT2D eigenvalue weighted by Gasteiger charge is -2.01. The molecule has 0 unspecified atom stereocenters. The van der Waals surface area contributed by atoms with E-state index in [-0.39, 0.29) is 5.82 Å². The van der Waals surface area contributed by atoms with Crippen molar-refractivity contribution in [3.63, 3.8) is 0 Å². The van der Waals surface area contributed by atoms with E-state index in [0.29, 0.717) is 0 Å². The van der Waals surface area contributed by atoms with Crippen LogP contribution in [0, 0.1) is 18.3 Å². The standard InChI is InChI=1S/C14H9N3S/c1-9-6-12(17-14(7-15)16-9)11-8-18-13-5-3-2-4-10(11)13/h2-6,8H,1H3. The van der Waals surface area contributed by atoms with E-state index in [0.717, 1.165) is 17.0 Å². The molecular formula is C14H9N3S. The number of thiophene rings is 1. The molecular weight excluding hydrogens is 242 g/mol. The Morgan fingerprint density at radius 3 is 2.89 bits per heavy atom. The Bertz CT molecular complexity index is 768. The van der Waals surface area contributed by atoms with Crippen molar-refractivity contribution in [1.29, 1.82) is 5.26 Å². The van der Waals surface area contributed by atoms with E-state index in [9.17, 15) is 0 Å². The van der Waals surface area contributed by atoms with Crippen molar-refractivity contribution in [1.82, 2.24) is 9.97 Å². The highest BCUT2D eigenvalue weighted by Crippen LogP contribution is 2.32. The molecule has 0 saturated heterocycles. The molecule has 4 heteroatoms. The molecule has 2 heterocycles. The zero-order chi connectivity index (χ0) is 12.5. The Hall–Kier alpha value is -2.25. The maximum atomic E-state index is 8.92. The van der Waals surface area contributed by atoms with E-state index in [4.69, 9.17) is 5.26 Å². The number of fused-ring (bicyclic) bond motifs is 1. The van der Waals surface area contributed by atoms with Crippen LogP contribution in [0.25, 0.3) is 21.3 Å². The summed E-state index contributed by atoms with van der Waals surface area (Å²) in [5.74, 6) is 0.222. The molecule has 3 aromatic rings. The highest BCUT2D eigenvalue weighted by Gasteiger charge is 2.09. The van der Waals surface area contributed by atoms with Crippen molar-refractivity contribution in [3.05, 3.63) is 47.2 Å². The second-order valence-electron chi connectivity index (χ2n) is 3.98. The van der Waals surface area contributed by atoms with Crippen LogP contribution in [0.3, 0.4) is 0 Å². The van der Waals surface area contributed by atoms with Crippen LogP contribution >= 0.6 is 11.3 Å².